The molecular formula is C14H19N5O4. The molecule has 9 heteroatoms. The summed E-state index contributed by atoms with van der Waals surface area (Å²) in [6.45, 7) is -0.261. The van der Waals surface area contributed by atoms with E-state index in [-0.39, 0.29) is 18.1 Å². The number of hydrogen-bond acceptors (Lipinski definition) is 6. The molecule has 0 saturated carbocycles. The summed E-state index contributed by atoms with van der Waals surface area (Å²) in [4.78, 5) is 24.9. The summed E-state index contributed by atoms with van der Waals surface area (Å²) in [7, 11) is 3.62. The smallest absolute Gasteiger partial charge is 0.261 e. The highest BCUT2D eigenvalue weighted by molar-refractivity contribution is 5.76. The first-order valence-electron chi connectivity index (χ1n) is 7.25. The van der Waals surface area contributed by atoms with Gasteiger partial charge in [0.1, 0.15) is 12.3 Å². The van der Waals surface area contributed by atoms with Crippen molar-refractivity contribution in [1.29, 1.82) is 0 Å². The quantitative estimate of drug-likeness (QED) is 0.520. The molecule has 2 aromatic rings. The lowest BCUT2D eigenvalue weighted by Crippen LogP contribution is -2.24. The number of aliphatic hydroxyl groups excluding tert-OH is 2. The molecule has 1 fully saturated rings. The van der Waals surface area contributed by atoms with Gasteiger partial charge in [0, 0.05) is 26.7 Å². The minimum Gasteiger partial charge on any atom is -0.394 e. The molecule has 0 aliphatic carbocycles. The molecule has 3 unspecified atom stereocenters. The van der Waals surface area contributed by atoms with Gasteiger partial charge in [-0.1, -0.05) is 0 Å². The predicted molar refractivity (Wildman–Crippen MR) is 83.8 cm³/mol. The lowest BCUT2D eigenvalue weighted by atomic mass is 10.2. The van der Waals surface area contributed by atoms with E-state index in [4.69, 9.17) is 4.74 Å². The fourth-order valence-corrected chi connectivity index (χ4v) is 2.55. The number of hydrogen-bond donors (Lipinski definition) is 3. The van der Waals surface area contributed by atoms with E-state index in [1.807, 2.05) is 14.1 Å². The van der Waals surface area contributed by atoms with E-state index in [0.29, 0.717) is 17.5 Å². The van der Waals surface area contributed by atoms with Crippen molar-refractivity contribution >= 4 is 23.3 Å². The summed E-state index contributed by atoms with van der Waals surface area (Å²) < 4.78 is 7.30. The van der Waals surface area contributed by atoms with Gasteiger partial charge in [-0.05, 0) is 6.07 Å². The van der Waals surface area contributed by atoms with Crippen molar-refractivity contribution in [2.24, 2.45) is 4.99 Å². The summed E-state index contributed by atoms with van der Waals surface area (Å²) in [5, 5.41) is 19.5. The summed E-state index contributed by atoms with van der Waals surface area (Å²) in [5.41, 5.74) is 0.132. The molecule has 0 radical (unpaired) electrons. The van der Waals surface area contributed by atoms with Gasteiger partial charge >= 0.3 is 0 Å². The standard InChI is InChI=1S/C14H19N5O4/c1-18(2)7-15-14-16-12-8(13(22)17-14)3-4-19(12)11-5-9(21)10(6-20)23-11/h3-4,7,9-11,20-21H,5-6H2,1-2H3,(H,16,17,22)/b15-7+. The van der Waals surface area contributed by atoms with Gasteiger partial charge in [0.25, 0.3) is 5.56 Å². The molecule has 3 N–H and O–H groups in total. The Balaban J connectivity index is 2.00. The Morgan fingerprint density at radius 3 is 3.04 bits per heavy atom. The SMILES string of the molecule is CN(C)/C=N/c1nc2c(ccn2C2CC(O)C(CO)O2)c(=O)[nH]1. The highest BCUT2D eigenvalue weighted by Crippen LogP contribution is 2.30. The molecule has 23 heavy (non-hydrogen) atoms. The van der Waals surface area contributed by atoms with Crippen LogP contribution in [0.25, 0.3) is 11.0 Å². The van der Waals surface area contributed by atoms with Gasteiger partial charge in [0.05, 0.1) is 24.4 Å². The molecule has 1 saturated heterocycles. The third-order valence-corrected chi connectivity index (χ3v) is 3.67. The van der Waals surface area contributed by atoms with E-state index in [9.17, 15) is 15.0 Å². The van der Waals surface area contributed by atoms with Crippen molar-refractivity contribution in [2.75, 3.05) is 20.7 Å². The van der Waals surface area contributed by atoms with Gasteiger partial charge in [-0.15, -0.1) is 0 Å². The van der Waals surface area contributed by atoms with Crippen LogP contribution in [0.5, 0.6) is 0 Å². The molecule has 3 heterocycles. The Morgan fingerprint density at radius 1 is 1.61 bits per heavy atom. The second kappa shape index (κ2) is 6.11. The minimum atomic E-state index is -0.754. The molecule has 0 bridgehead atoms. The third kappa shape index (κ3) is 2.98. The largest absolute Gasteiger partial charge is 0.394 e. The summed E-state index contributed by atoms with van der Waals surface area (Å²) in [6, 6.07) is 1.64. The lowest BCUT2D eigenvalue weighted by Gasteiger charge is -2.14. The van der Waals surface area contributed by atoms with Gasteiger partial charge in [-0.25, -0.2) is 4.99 Å². The van der Waals surface area contributed by atoms with Gasteiger partial charge in [-0.2, -0.15) is 4.98 Å². The van der Waals surface area contributed by atoms with Crippen molar-refractivity contribution < 1.29 is 14.9 Å². The van der Waals surface area contributed by atoms with E-state index >= 15 is 0 Å². The highest BCUT2D eigenvalue weighted by Gasteiger charge is 2.35. The predicted octanol–water partition coefficient (Wildman–Crippen LogP) is -0.413. The van der Waals surface area contributed by atoms with Gasteiger partial charge in [0.15, 0.2) is 5.65 Å². The molecule has 0 spiro atoms. The zero-order chi connectivity index (χ0) is 16.6. The van der Waals surface area contributed by atoms with Crippen LogP contribution < -0.4 is 5.56 Å². The van der Waals surface area contributed by atoms with E-state index in [1.165, 1.54) is 6.34 Å². The number of nitrogens with one attached hydrogen (secondary N) is 1. The first kappa shape index (κ1) is 15.7. The topological polar surface area (TPSA) is 116 Å². The maximum absolute atomic E-state index is 12.1. The fraction of sp³-hybridized carbons (Fsp3) is 0.500. The molecule has 3 rings (SSSR count). The van der Waals surface area contributed by atoms with Crippen molar-refractivity contribution in [3.8, 4) is 0 Å². The van der Waals surface area contributed by atoms with Crippen molar-refractivity contribution in [3.63, 3.8) is 0 Å². The maximum Gasteiger partial charge on any atom is 0.261 e. The number of aliphatic imine (C=N–C) groups is 1. The number of aromatic nitrogens is 3. The number of aromatic amines is 1. The normalized spacial score (nSPS) is 24.8. The number of H-pyrrole nitrogens is 1. The summed E-state index contributed by atoms with van der Waals surface area (Å²) >= 11 is 0. The Bertz CT molecular complexity index is 781. The maximum atomic E-state index is 12.1. The molecule has 1 aliphatic heterocycles. The van der Waals surface area contributed by atoms with E-state index in [2.05, 4.69) is 15.0 Å². The summed E-state index contributed by atoms with van der Waals surface area (Å²) in [5.74, 6) is 0.188. The fourth-order valence-electron chi connectivity index (χ4n) is 2.55. The number of rotatable bonds is 4. The van der Waals surface area contributed by atoms with Crippen LogP contribution in [0.15, 0.2) is 22.1 Å². The first-order valence-corrected chi connectivity index (χ1v) is 7.25. The average Bonchev–Trinajstić information content (AvgIpc) is 3.08. The number of aliphatic hydroxyl groups is 2. The second-order valence-corrected chi connectivity index (χ2v) is 5.67. The zero-order valence-electron chi connectivity index (χ0n) is 12.9. The third-order valence-electron chi connectivity index (χ3n) is 3.67. The first-order chi connectivity index (χ1) is 11.0. The van der Waals surface area contributed by atoms with Crippen LogP contribution in [-0.2, 0) is 4.74 Å². The van der Waals surface area contributed by atoms with Crippen molar-refractivity contribution in [3.05, 3.63) is 22.6 Å². The van der Waals surface area contributed by atoms with Crippen LogP contribution in [0.2, 0.25) is 0 Å². The van der Waals surface area contributed by atoms with Gasteiger partial charge < -0.3 is 24.4 Å². The van der Waals surface area contributed by atoms with E-state index < -0.39 is 18.4 Å². The van der Waals surface area contributed by atoms with Crippen molar-refractivity contribution in [1.82, 2.24) is 19.4 Å². The lowest BCUT2D eigenvalue weighted by molar-refractivity contribution is -0.0430. The molecule has 1 aliphatic rings. The average molecular weight is 321 g/mol. The van der Waals surface area contributed by atoms with E-state index in [0.717, 1.165) is 0 Å². The van der Waals surface area contributed by atoms with Crippen LogP contribution in [0.3, 0.4) is 0 Å². The highest BCUT2D eigenvalue weighted by atomic mass is 16.5. The molecular weight excluding hydrogens is 302 g/mol. The zero-order valence-corrected chi connectivity index (χ0v) is 12.9. The Morgan fingerprint density at radius 2 is 2.39 bits per heavy atom. The second-order valence-electron chi connectivity index (χ2n) is 5.67. The van der Waals surface area contributed by atoms with Crippen LogP contribution in [0.1, 0.15) is 12.6 Å². The van der Waals surface area contributed by atoms with Gasteiger partial charge in [0.2, 0.25) is 5.95 Å². The van der Waals surface area contributed by atoms with Crippen molar-refractivity contribution in [2.45, 2.75) is 24.9 Å². The number of ether oxygens (including phenoxy) is 1. The Labute approximate surface area is 131 Å². The molecule has 0 amide bonds. The Hall–Kier alpha value is -2.23. The molecule has 3 atom stereocenters. The monoisotopic (exact) mass is 321 g/mol. The molecule has 124 valence electrons. The molecule has 9 nitrogen and oxygen atoms in total. The van der Waals surface area contributed by atoms with E-state index in [1.54, 1.807) is 21.7 Å². The number of fused-ring (bicyclic) bond motifs is 1. The Kier molecular flexibility index (Phi) is 4.16. The van der Waals surface area contributed by atoms with Crippen LogP contribution in [-0.4, -0.2) is 68.9 Å². The minimum absolute atomic E-state index is 0.188. The molecule has 0 aromatic carbocycles. The molecule has 2 aromatic heterocycles. The van der Waals surface area contributed by atoms with Crippen LogP contribution in [0, 0.1) is 0 Å². The number of nitrogens with zero attached hydrogens (tertiary/aromatic N) is 4. The van der Waals surface area contributed by atoms with Crippen LogP contribution in [0.4, 0.5) is 5.95 Å². The van der Waals surface area contributed by atoms with Crippen LogP contribution >= 0.6 is 0 Å². The van der Waals surface area contributed by atoms with Gasteiger partial charge in [-0.3, -0.25) is 9.78 Å². The summed E-state index contributed by atoms with van der Waals surface area (Å²) in [6.07, 6.45) is 1.67.